The van der Waals surface area contributed by atoms with Crippen molar-refractivity contribution in [1.29, 1.82) is 0 Å². The molecule has 0 atom stereocenters. The van der Waals surface area contributed by atoms with Gasteiger partial charge in [-0.05, 0) is 18.2 Å². The van der Waals surface area contributed by atoms with Crippen LogP contribution in [0, 0.1) is 0 Å². The number of carbonyl (C=O) groups is 1. The molecule has 0 aliphatic rings. The first-order chi connectivity index (χ1) is 12.5. The van der Waals surface area contributed by atoms with Crippen molar-refractivity contribution in [2.24, 2.45) is 7.05 Å². The molecule has 0 N–H and O–H groups in total. The first-order valence-electron chi connectivity index (χ1n) is 7.68. The van der Waals surface area contributed by atoms with Crippen molar-refractivity contribution in [3.05, 3.63) is 52.3 Å². The second-order valence-electron chi connectivity index (χ2n) is 5.42. The third-order valence-corrected chi connectivity index (χ3v) is 4.85. The maximum Gasteiger partial charge on any atom is 0.355 e. The van der Waals surface area contributed by atoms with Gasteiger partial charge in [-0.2, -0.15) is 0 Å². The fourth-order valence-electron chi connectivity index (χ4n) is 2.49. The van der Waals surface area contributed by atoms with Gasteiger partial charge in [0, 0.05) is 18.6 Å². The zero-order chi connectivity index (χ0) is 18.7. The summed E-state index contributed by atoms with van der Waals surface area (Å²) in [7, 11) is 4.91. The molecule has 0 saturated carbocycles. The van der Waals surface area contributed by atoms with Gasteiger partial charge in [0.1, 0.15) is 17.3 Å². The predicted molar refractivity (Wildman–Crippen MR) is 100 cm³/mol. The van der Waals surface area contributed by atoms with E-state index in [9.17, 15) is 4.79 Å². The van der Waals surface area contributed by atoms with Gasteiger partial charge < -0.3 is 18.8 Å². The van der Waals surface area contributed by atoms with E-state index in [-0.39, 0.29) is 6.61 Å². The van der Waals surface area contributed by atoms with Crippen LogP contribution in [0.3, 0.4) is 0 Å². The maximum atomic E-state index is 12.2. The molecule has 6 nitrogen and oxygen atoms in total. The largest absolute Gasteiger partial charge is 0.493 e. The molecule has 0 saturated heterocycles. The monoisotopic (exact) mass is 392 g/mol. The van der Waals surface area contributed by atoms with Gasteiger partial charge >= 0.3 is 5.97 Å². The Bertz CT molecular complexity index is 935. The van der Waals surface area contributed by atoms with E-state index >= 15 is 0 Å². The highest BCUT2D eigenvalue weighted by Gasteiger charge is 2.16. The summed E-state index contributed by atoms with van der Waals surface area (Å²) < 4.78 is 17.7. The molecule has 8 heteroatoms. The Morgan fingerprint density at radius 3 is 2.77 bits per heavy atom. The van der Waals surface area contributed by atoms with Crippen molar-refractivity contribution >= 4 is 28.9 Å². The first kappa shape index (κ1) is 18.3. The van der Waals surface area contributed by atoms with Crippen LogP contribution >= 0.6 is 22.9 Å². The van der Waals surface area contributed by atoms with Crippen LogP contribution in [0.25, 0.3) is 10.6 Å². The van der Waals surface area contributed by atoms with Crippen LogP contribution in [0.2, 0.25) is 5.02 Å². The molecule has 136 valence electrons. The van der Waals surface area contributed by atoms with Crippen LogP contribution in [-0.2, 0) is 18.4 Å². The Hall–Kier alpha value is -2.51. The Kier molecular flexibility index (Phi) is 5.49. The highest BCUT2D eigenvalue weighted by atomic mass is 35.5. The fourth-order valence-corrected chi connectivity index (χ4v) is 3.57. The number of aryl methyl sites for hydroxylation is 1. The predicted octanol–water partition coefficient (Wildman–Crippen LogP) is 4.18. The number of rotatable bonds is 6. The Morgan fingerprint density at radius 1 is 1.31 bits per heavy atom. The van der Waals surface area contributed by atoms with Crippen LogP contribution in [0.15, 0.2) is 35.8 Å². The number of esters is 1. The van der Waals surface area contributed by atoms with Gasteiger partial charge in [-0.15, -0.1) is 11.3 Å². The number of para-hydroxylation sites is 1. The van der Waals surface area contributed by atoms with Crippen LogP contribution in [0.1, 0.15) is 16.2 Å². The summed E-state index contributed by atoms with van der Waals surface area (Å²) in [5.74, 6) is 0.799. The molecule has 26 heavy (non-hydrogen) atoms. The molecule has 2 heterocycles. The van der Waals surface area contributed by atoms with E-state index < -0.39 is 5.97 Å². The van der Waals surface area contributed by atoms with Crippen LogP contribution < -0.4 is 9.47 Å². The maximum absolute atomic E-state index is 12.2. The third kappa shape index (κ3) is 3.68. The second kappa shape index (κ2) is 7.80. The molecular formula is C18H17ClN2O4S. The van der Waals surface area contributed by atoms with Crippen LogP contribution in [-0.4, -0.2) is 29.7 Å². The van der Waals surface area contributed by atoms with E-state index in [0.29, 0.717) is 27.9 Å². The SMILES string of the molecule is COc1cccc(-c2nc(COC(=O)c3cc(Cl)cn3C)cs2)c1OC. The van der Waals surface area contributed by atoms with Gasteiger partial charge in [-0.3, -0.25) is 0 Å². The zero-order valence-electron chi connectivity index (χ0n) is 14.5. The van der Waals surface area contributed by atoms with Crippen molar-refractivity contribution in [2.45, 2.75) is 6.61 Å². The minimum atomic E-state index is -0.451. The highest BCUT2D eigenvalue weighted by molar-refractivity contribution is 7.13. The second-order valence-corrected chi connectivity index (χ2v) is 6.71. The number of aromatic nitrogens is 2. The number of hydrogen-bond donors (Lipinski definition) is 0. The van der Waals surface area contributed by atoms with Crippen LogP contribution in [0.4, 0.5) is 0 Å². The number of nitrogens with zero attached hydrogens (tertiary/aromatic N) is 2. The van der Waals surface area contributed by atoms with Gasteiger partial charge in [0.15, 0.2) is 11.5 Å². The lowest BCUT2D eigenvalue weighted by molar-refractivity contribution is 0.0457. The zero-order valence-corrected chi connectivity index (χ0v) is 16.1. The number of thiazole rings is 1. The summed E-state index contributed by atoms with van der Waals surface area (Å²) >= 11 is 7.33. The Morgan fingerprint density at radius 2 is 2.12 bits per heavy atom. The third-order valence-electron chi connectivity index (χ3n) is 3.72. The Labute approximate surface area is 159 Å². The van der Waals surface area contributed by atoms with Crippen molar-refractivity contribution in [3.8, 4) is 22.1 Å². The summed E-state index contributed by atoms with van der Waals surface area (Å²) in [6.45, 7) is 0.0738. The van der Waals surface area contributed by atoms with E-state index in [2.05, 4.69) is 4.98 Å². The van der Waals surface area contributed by atoms with Gasteiger partial charge in [0.25, 0.3) is 0 Å². The molecule has 3 rings (SSSR count). The smallest absolute Gasteiger partial charge is 0.355 e. The molecule has 0 fully saturated rings. The summed E-state index contributed by atoms with van der Waals surface area (Å²) in [5.41, 5.74) is 1.87. The van der Waals surface area contributed by atoms with Crippen molar-refractivity contribution in [2.75, 3.05) is 14.2 Å². The van der Waals surface area contributed by atoms with E-state index in [1.165, 1.54) is 11.3 Å². The molecule has 0 spiro atoms. The fraction of sp³-hybridized carbons (Fsp3) is 0.222. The van der Waals surface area contributed by atoms with E-state index in [1.54, 1.807) is 38.1 Å². The molecule has 2 aromatic heterocycles. The molecule has 0 aliphatic carbocycles. The number of hydrogen-bond acceptors (Lipinski definition) is 6. The van der Waals surface area contributed by atoms with Gasteiger partial charge in [-0.1, -0.05) is 17.7 Å². The van der Waals surface area contributed by atoms with E-state index in [4.69, 9.17) is 25.8 Å². The minimum absolute atomic E-state index is 0.0738. The number of benzene rings is 1. The average molecular weight is 393 g/mol. The standard InChI is InChI=1S/C18H17ClN2O4S/c1-21-8-11(19)7-14(21)18(22)25-9-12-10-26-17(20-12)13-5-4-6-15(23-2)16(13)24-3/h4-8,10H,9H2,1-3H3. The minimum Gasteiger partial charge on any atom is -0.493 e. The molecule has 1 aromatic carbocycles. The highest BCUT2D eigenvalue weighted by Crippen LogP contribution is 2.39. The summed E-state index contributed by atoms with van der Waals surface area (Å²) in [5, 5.41) is 3.09. The molecule has 0 bridgehead atoms. The van der Waals surface area contributed by atoms with Crippen LogP contribution in [0.5, 0.6) is 11.5 Å². The van der Waals surface area contributed by atoms with Crippen molar-refractivity contribution in [3.63, 3.8) is 0 Å². The molecule has 0 aliphatic heterocycles. The summed E-state index contributed by atoms with van der Waals surface area (Å²) in [4.78, 5) is 16.7. The van der Waals surface area contributed by atoms with Gasteiger partial charge in [0.2, 0.25) is 0 Å². The lowest BCUT2D eigenvalue weighted by atomic mass is 10.2. The lowest BCUT2D eigenvalue weighted by Gasteiger charge is -2.10. The van der Waals surface area contributed by atoms with Gasteiger partial charge in [-0.25, -0.2) is 9.78 Å². The topological polar surface area (TPSA) is 62.6 Å². The quantitative estimate of drug-likeness (QED) is 0.589. The Balaban J connectivity index is 1.75. The number of halogens is 1. The van der Waals surface area contributed by atoms with Gasteiger partial charge in [0.05, 0.1) is 30.5 Å². The molecular weight excluding hydrogens is 376 g/mol. The number of ether oxygens (including phenoxy) is 3. The van der Waals surface area contributed by atoms with E-state index in [1.807, 2.05) is 23.6 Å². The molecule has 0 radical (unpaired) electrons. The van der Waals surface area contributed by atoms with Crippen molar-refractivity contribution < 1.29 is 19.0 Å². The first-order valence-corrected chi connectivity index (χ1v) is 8.94. The van der Waals surface area contributed by atoms with Crippen molar-refractivity contribution in [1.82, 2.24) is 9.55 Å². The molecule has 3 aromatic rings. The average Bonchev–Trinajstić information content (AvgIpc) is 3.24. The van der Waals surface area contributed by atoms with E-state index in [0.717, 1.165) is 10.6 Å². The molecule has 0 amide bonds. The summed E-state index contributed by atoms with van der Waals surface area (Å²) in [6.07, 6.45) is 1.65. The lowest BCUT2D eigenvalue weighted by Crippen LogP contribution is -2.09. The number of methoxy groups -OCH3 is 2. The summed E-state index contributed by atoms with van der Waals surface area (Å²) in [6, 6.07) is 7.17. The number of carbonyl (C=O) groups excluding carboxylic acids is 1. The normalized spacial score (nSPS) is 10.6. The molecule has 0 unspecified atom stereocenters.